The molecule has 0 spiro atoms. The quantitative estimate of drug-likeness (QED) is 0.817. The fourth-order valence-electron chi connectivity index (χ4n) is 2.76. The molecule has 126 valence electrons. The molecule has 1 heterocycles. The molecule has 0 radical (unpaired) electrons. The Kier molecular flexibility index (Phi) is 6.91. The van der Waals surface area contributed by atoms with Gasteiger partial charge in [-0.3, -0.25) is 9.59 Å². The molecule has 1 aliphatic rings. The number of amides is 1. The monoisotopic (exact) mass is 318 g/mol. The van der Waals surface area contributed by atoms with Gasteiger partial charge in [0.15, 0.2) is 0 Å². The second-order valence-electron chi connectivity index (χ2n) is 5.80. The summed E-state index contributed by atoms with van der Waals surface area (Å²) in [7, 11) is 0. The van der Waals surface area contributed by atoms with Gasteiger partial charge in [0.1, 0.15) is 0 Å². The Morgan fingerprint density at radius 2 is 1.70 bits per heavy atom. The van der Waals surface area contributed by atoms with Gasteiger partial charge in [-0.2, -0.15) is 0 Å². The number of rotatable bonds is 6. The molecule has 1 N–H and O–H groups in total. The van der Waals surface area contributed by atoms with Crippen molar-refractivity contribution in [2.24, 2.45) is 0 Å². The fourth-order valence-corrected chi connectivity index (χ4v) is 2.76. The van der Waals surface area contributed by atoms with Crippen LogP contribution in [0, 0.1) is 0 Å². The average Bonchev–Trinajstić information content (AvgIpc) is 2.83. The second-order valence-corrected chi connectivity index (χ2v) is 5.80. The summed E-state index contributed by atoms with van der Waals surface area (Å²) in [5.74, 6) is -0.500. The maximum absolute atomic E-state index is 11.8. The van der Waals surface area contributed by atoms with Crippen LogP contribution in [0.15, 0.2) is 24.3 Å². The Balaban J connectivity index is 1.82. The van der Waals surface area contributed by atoms with Crippen molar-refractivity contribution in [3.05, 3.63) is 24.3 Å². The van der Waals surface area contributed by atoms with E-state index in [2.05, 4.69) is 10.2 Å². The fraction of sp³-hybridized carbons (Fsp3) is 0.556. The van der Waals surface area contributed by atoms with E-state index < -0.39 is 0 Å². The highest BCUT2D eigenvalue weighted by Gasteiger charge is 2.11. The number of benzene rings is 1. The number of esters is 1. The molecule has 5 nitrogen and oxygen atoms in total. The lowest BCUT2D eigenvalue weighted by atomic mass is 10.2. The summed E-state index contributed by atoms with van der Waals surface area (Å²) in [6, 6.07) is 7.93. The van der Waals surface area contributed by atoms with E-state index >= 15 is 0 Å². The Morgan fingerprint density at radius 1 is 1.04 bits per heavy atom. The van der Waals surface area contributed by atoms with Gasteiger partial charge in [-0.1, -0.05) is 12.8 Å². The summed E-state index contributed by atoms with van der Waals surface area (Å²) in [4.78, 5) is 25.5. The molecule has 1 aromatic rings. The first-order chi connectivity index (χ1) is 11.2. The number of carbonyl (C=O) groups is 2. The Labute approximate surface area is 138 Å². The van der Waals surface area contributed by atoms with E-state index in [1.807, 2.05) is 24.3 Å². The molecular weight excluding hydrogens is 292 g/mol. The molecule has 1 aromatic carbocycles. The molecule has 0 atom stereocenters. The summed E-state index contributed by atoms with van der Waals surface area (Å²) >= 11 is 0. The summed E-state index contributed by atoms with van der Waals surface area (Å²) in [6.07, 6.45) is 5.37. The predicted octanol–water partition coefficient (Wildman–Crippen LogP) is 3.35. The molecular formula is C18H26N2O3. The normalized spacial score (nSPS) is 14.9. The third kappa shape index (κ3) is 5.93. The van der Waals surface area contributed by atoms with Crippen LogP contribution in [0.5, 0.6) is 0 Å². The molecule has 1 saturated heterocycles. The summed E-state index contributed by atoms with van der Waals surface area (Å²) < 4.78 is 4.81. The van der Waals surface area contributed by atoms with E-state index in [1.54, 1.807) is 6.92 Å². The molecule has 2 rings (SSSR count). The lowest BCUT2D eigenvalue weighted by Gasteiger charge is -2.22. The van der Waals surface area contributed by atoms with Gasteiger partial charge < -0.3 is 15.0 Å². The number of nitrogens with one attached hydrogen (secondary N) is 1. The average molecular weight is 318 g/mol. The third-order valence-electron chi connectivity index (χ3n) is 3.98. The van der Waals surface area contributed by atoms with Crippen LogP contribution in [0.25, 0.3) is 0 Å². The smallest absolute Gasteiger partial charge is 0.306 e. The van der Waals surface area contributed by atoms with Crippen molar-refractivity contribution in [3.63, 3.8) is 0 Å². The number of nitrogens with zero attached hydrogens (tertiary/aromatic N) is 1. The summed E-state index contributed by atoms with van der Waals surface area (Å²) in [6.45, 7) is 4.30. The van der Waals surface area contributed by atoms with Gasteiger partial charge in [-0.15, -0.1) is 0 Å². The van der Waals surface area contributed by atoms with Gasteiger partial charge in [0.25, 0.3) is 0 Å². The highest BCUT2D eigenvalue weighted by atomic mass is 16.5. The molecule has 0 aromatic heterocycles. The van der Waals surface area contributed by atoms with Crippen molar-refractivity contribution in [2.45, 2.75) is 45.4 Å². The van der Waals surface area contributed by atoms with Crippen LogP contribution in [0.2, 0.25) is 0 Å². The highest BCUT2D eigenvalue weighted by Crippen LogP contribution is 2.21. The maximum atomic E-state index is 11.8. The Morgan fingerprint density at radius 3 is 2.30 bits per heavy atom. The lowest BCUT2D eigenvalue weighted by molar-refractivity contribution is -0.144. The lowest BCUT2D eigenvalue weighted by Crippen LogP contribution is -2.23. The number of ether oxygens (including phenoxy) is 1. The third-order valence-corrected chi connectivity index (χ3v) is 3.98. The standard InChI is InChI=1S/C18H26N2O3/c1-2-23-18(22)12-11-17(21)19-15-7-9-16(10-8-15)20-13-5-3-4-6-14-20/h7-10H,2-6,11-14H2,1H3,(H,19,21). The minimum absolute atomic E-state index is 0.117. The van der Waals surface area contributed by atoms with E-state index in [1.165, 1.54) is 31.4 Å². The van der Waals surface area contributed by atoms with E-state index in [0.717, 1.165) is 18.8 Å². The zero-order valence-corrected chi connectivity index (χ0v) is 13.8. The minimum Gasteiger partial charge on any atom is -0.466 e. The predicted molar refractivity (Wildman–Crippen MR) is 91.6 cm³/mol. The van der Waals surface area contributed by atoms with Gasteiger partial charge >= 0.3 is 5.97 Å². The van der Waals surface area contributed by atoms with Crippen LogP contribution in [0.3, 0.4) is 0 Å². The number of anilines is 2. The molecule has 0 aliphatic carbocycles. The van der Waals surface area contributed by atoms with Gasteiger partial charge in [-0.05, 0) is 44.0 Å². The van der Waals surface area contributed by atoms with Crippen LogP contribution in [0.4, 0.5) is 11.4 Å². The van der Waals surface area contributed by atoms with Crippen molar-refractivity contribution in [3.8, 4) is 0 Å². The summed E-state index contributed by atoms with van der Waals surface area (Å²) in [5, 5.41) is 2.82. The van der Waals surface area contributed by atoms with Gasteiger partial charge in [0.2, 0.25) is 5.91 Å². The van der Waals surface area contributed by atoms with Gasteiger partial charge in [0.05, 0.1) is 13.0 Å². The highest BCUT2D eigenvalue weighted by molar-refractivity contribution is 5.92. The molecule has 1 fully saturated rings. The zero-order chi connectivity index (χ0) is 16.5. The minimum atomic E-state index is -0.334. The molecule has 0 bridgehead atoms. The number of hydrogen-bond acceptors (Lipinski definition) is 4. The number of carbonyl (C=O) groups excluding carboxylic acids is 2. The molecule has 1 aliphatic heterocycles. The van der Waals surface area contributed by atoms with E-state index in [0.29, 0.717) is 6.61 Å². The van der Waals surface area contributed by atoms with Crippen LogP contribution in [-0.2, 0) is 14.3 Å². The van der Waals surface area contributed by atoms with Crippen molar-refractivity contribution in [1.29, 1.82) is 0 Å². The number of hydrogen-bond donors (Lipinski definition) is 1. The molecule has 1 amide bonds. The zero-order valence-electron chi connectivity index (χ0n) is 13.8. The molecule has 0 saturated carbocycles. The van der Waals surface area contributed by atoms with Crippen molar-refractivity contribution in [2.75, 3.05) is 29.9 Å². The maximum Gasteiger partial charge on any atom is 0.306 e. The first-order valence-electron chi connectivity index (χ1n) is 8.49. The molecule has 23 heavy (non-hydrogen) atoms. The first-order valence-corrected chi connectivity index (χ1v) is 8.49. The SMILES string of the molecule is CCOC(=O)CCC(=O)Nc1ccc(N2CCCCCC2)cc1. The molecule has 5 heteroatoms. The van der Waals surface area contributed by atoms with Gasteiger partial charge in [0, 0.05) is 30.9 Å². The van der Waals surface area contributed by atoms with Crippen molar-refractivity contribution < 1.29 is 14.3 Å². The van der Waals surface area contributed by atoms with E-state index in [-0.39, 0.29) is 24.7 Å². The van der Waals surface area contributed by atoms with Crippen molar-refractivity contribution in [1.82, 2.24) is 0 Å². The summed E-state index contributed by atoms with van der Waals surface area (Å²) in [5.41, 5.74) is 1.97. The van der Waals surface area contributed by atoms with Crippen LogP contribution >= 0.6 is 0 Å². The first kappa shape index (κ1) is 17.3. The topological polar surface area (TPSA) is 58.6 Å². The molecule has 0 unspecified atom stereocenters. The van der Waals surface area contributed by atoms with Crippen LogP contribution in [-0.4, -0.2) is 31.6 Å². The van der Waals surface area contributed by atoms with Crippen LogP contribution < -0.4 is 10.2 Å². The largest absolute Gasteiger partial charge is 0.466 e. The Hall–Kier alpha value is -2.04. The van der Waals surface area contributed by atoms with Gasteiger partial charge in [-0.25, -0.2) is 0 Å². The van der Waals surface area contributed by atoms with E-state index in [9.17, 15) is 9.59 Å². The Bertz CT molecular complexity index is 506. The van der Waals surface area contributed by atoms with Crippen LogP contribution in [0.1, 0.15) is 45.4 Å². The van der Waals surface area contributed by atoms with E-state index in [4.69, 9.17) is 4.74 Å². The second kappa shape index (κ2) is 9.18. The van der Waals surface area contributed by atoms with Crippen molar-refractivity contribution >= 4 is 23.3 Å².